The third-order valence-corrected chi connectivity index (χ3v) is 6.83. The van der Waals surface area contributed by atoms with Gasteiger partial charge in [-0.15, -0.1) is 0 Å². The van der Waals surface area contributed by atoms with E-state index in [9.17, 15) is 4.79 Å². The number of benzene rings is 2. The molecule has 0 aliphatic carbocycles. The summed E-state index contributed by atoms with van der Waals surface area (Å²) in [5.74, 6) is 0. The molecule has 0 spiro atoms. The maximum atomic E-state index is 12.5. The third kappa shape index (κ3) is 4.86. The number of aromatic nitrogens is 4. The first-order chi connectivity index (χ1) is 16.7. The lowest BCUT2D eigenvalue weighted by Gasteiger charge is -2.32. The van der Waals surface area contributed by atoms with E-state index >= 15 is 0 Å². The second kappa shape index (κ2) is 10.4. The van der Waals surface area contributed by atoms with E-state index in [2.05, 4.69) is 32.8 Å². The average Bonchev–Trinajstić information content (AvgIpc) is 3.43. The number of ether oxygens (including phenoxy) is 1. The zero-order valence-corrected chi connectivity index (χ0v) is 19.8. The smallest absolute Gasteiger partial charge is 0.326 e. The maximum absolute atomic E-state index is 12.5. The number of para-hydroxylation sites is 3. The predicted molar refractivity (Wildman–Crippen MR) is 134 cm³/mol. The van der Waals surface area contributed by atoms with E-state index in [1.165, 1.54) is 5.69 Å². The van der Waals surface area contributed by atoms with E-state index in [0.29, 0.717) is 6.61 Å². The molecule has 7 nitrogen and oxygen atoms in total. The SMILES string of the molecule is COCc1cc(CCCCN2CCC(n3c(=O)[nH]c4ccccc43)CC2)n(-c2ccccc2)n1. The molecule has 2 aromatic carbocycles. The highest BCUT2D eigenvalue weighted by Gasteiger charge is 2.23. The van der Waals surface area contributed by atoms with Crippen LogP contribution in [-0.2, 0) is 17.8 Å². The van der Waals surface area contributed by atoms with Gasteiger partial charge in [0.2, 0.25) is 0 Å². The third-order valence-electron chi connectivity index (χ3n) is 6.83. The van der Waals surface area contributed by atoms with Gasteiger partial charge in [-0.2, -0.15) is 5.10 Å². The first-order valence-electron chi connectivity index (χ1n) is 12.3. The molecule has 1 saturated heterocycles. The number of nitrogens with one attached hydrogen (secondary N) is 1. The molecule has 0 bridgehead atoms. The van der Waals surface area contributed by atoms with Gasteiger partial charge >= 0.3 is 5.69 Å². The van der Waals surface area contributed by atoms with Gasteiger partial charge in [0.15, 0.2) is 0 Å². The van der Waals surface area contributed by atoms with Crippen molar-refractivity contribution >= 4 is 11.0 Å². The molecule has 5 rings (SSSR count). The number of rotatable bonds is 9. The van der Waals surface area contributed by atoms with Gasteiger partial charge in [0.1, 0.15) is 0 Å². The summed E-state index contributed by atoms with van der Waals surface area (Å²) in [6.45, 7) is 3.70. The summed E-state index contributed by atoms with van der Waals surface area (Å²) in [6, 6.07) is 20.7. The van der Waals surface area contributed by atoms with Crippen molar-refractivity contribution in [3.8, 4) is 5.69 Å². The van der Waals surface area contributed by atoms with Crippen LogP contribution in [0.25, 0.3) is 16.7 Å². The van der Waals surface area contributed by atoms with Gasteiger partial charge in [0.25, 0.3) is 0 Å². The van der Waals surface area contributed by atoms with Gasteiger partial charge < -0.3 is 14.6 Å². The average molecular weight is 460 g/mol. The normalized spacial score (nSPS) is 15.3. The van der Waals surface area contributed by atoms with Crippen LogP contribution >= 0.6 is 0 Å². The first-order valence-corrected chi connectivity index (χ1v) is 12.3. The minimum Gasteiger partial charge on any atom is -0.378 e. The molecule has 3 heterocycles. The van der Waals surface area contributed by atoms with Crippen LogP contribution in [0.3, 0.4) is 0 Å². The number of aryl methyl sites for hydroxylation is 1. The second-order valence-electron chi connectivity index (χ2n) is 9.15. The number of nitrogens with zero attached hydrogens (tertiary/aromatic N) is 4. The van der Waals surface area contributed by atoms with Gasteiger partial charge in [-0.25, -0.2) is 9.48 Å². The van der Waals surface area contributed by atoms with Crippen LogP contribution in [-0.4, -0.2) is 51.0 Å². The molecule has 1 N–H and O–H groups in total. The second-order valence-corrected chi connectivity index (χ2v) is 9.15. The Kier molecular flexibility index (Phi) is 6.92. The Morgan fingerprint density at radius 1 is 1.03 bits per heavy atom. The molecule has 34 heavy (non-hydrogen) atoms. The number of likely N-dealkylation sites (tertiary alicyclic amines) is 1. The Morgan fingerprint density at radius 2 is 1.79 bits per heavy atom. The van der Waals surface area contributed by atoms with E-state index in [1.54, 1.807) is 7.11 Å². The van der Waals surface area contributed by atoms with Crippen molar-refractivity contribution in [2.45, 2.75) is 44.8 Å². The van der Waals surface area contributed by atoms with Gasteiger partial charge in [-0.05, 0) is 69.0 Å². The van der Waals surface area contributed by atoms with E-state index in [1.807, 2.05) is 47.0 Å². The Morgan fingerprint density at radius 3 is 2.59 bits per heavy atom. The van der Waals surface area contributed by atoms with Crippen molar-refractivity contribution in [1.82, 2.24) is 24.2 Å². The van der Waals surface area contributed by atoms with Crippen molar-refractivity contribution < 1.29 is 4.74 Å². The predicted octanol–water partition coefficient (Wildman–Crippen LogP) is 4.32. The first kappa shape index (κ1) is 22.6. The Labute approximate surface area is 200 Å². The number of hydrogen-bond acceptors (Lipinski definition) is 4. The molecular formula is C27H33N5O2. The fraction of sp³-hybridized carbons (Fsp3) is 0.407. The van der Waals surface area contributed by atoms with E-state index in [0.717, 1.165) is 74.2 Å². The zero-order valence-electron chi connectivity index (χ0n) is 19.8. The van der Waals surface area contributed by atoms with Crippen molar-refractivity contribution in [1.29, 1.82) is 0 Å². The van der Waals surface area contributed by atoms with Crippen molar-refractivity contribution in [2.75, 3.05) is 26.7 Å². The summed E-state index contributed by atoms with van der Waals surface area (Å²) in [4.78, 5) is 18.1. The fourth-order valence-corrected chi connectivity index (χ4v) is 5.14. The van der Waals surface area contributed by atoms with Gasteiger partial charge in [-0.3, -0.25) is 4.57 Å². The molecular weight excluding hydrogens is 426 g/mol. The summed E-state index contributed by atoms with van der Waals surface area (Å²) in [5.41, 5.74) is 5.26. The molecule has 1 aliphatic rings. The highest BCUT2D eigenvalue weighted by atomic mass is 16.5. The Bertz CT molecular complexity index is 1270. The topological polar surface area (TPSA) is 68.1 Å². The molecule has 0 amide bonds. The molecule has 2 aromatic heterocycles. The molecule has 1 fully saturated rings. The highest BCUT2D eigenvalue weighted by molar-refractivity contribution is 5.75. The number of fused-ring (bicyclic) bond motifs is 1. The molecule has 178 valence electrons. The monoisotopic (exact) mass is 459 g/mol. The lowest BCUT2D eigenvalue weighted by molar-refractivity contribution is 0.181. The number of hydrogen-bond donors (Lipinski definition) is 1. The number of H-pyrrole nitrogens is 1. The highest BCUT2D eigenvalue weighted by Crippen LogP contribution is 2.25. The number of piperidine rings is 1. The zero-order chi connectivity index (χ0) is 23.3. The molecule has 0 saturated carbocycles. The largest absolute Gasteiger partial charge is 0.378 e. The number of imidazole rings is 1. The maximum Gasteiger partial charge on any atom is 0.326 e. The van der Waals surface area contributed by atoms with Gasteiger partial charge in [0.05, 0.1) is 29.0 Å². The standard InChI is InChI=1S/C27H33N5O2/c1-34-20-21-19-24(32(29-21)23-9-3-2-4-10-23)11-7-8-16-30-17-14-22(15-18-30)31-26-13-6-5-12-25(26)28-27(31)33/h2-6,9-10,12-13,19,22H,7-8,11,14-18,20H2,1H3,(H,28,33). The molecule has 0 radical (unpaired) electrons. The van der Waals surface area contributed by atoms with Crippen LogP contribution in [0, 0.1) is 0 Å². The van der Waals surface area contributed by atoms with E-state index < -0.39 is 0 Å². The number of aromatic amines is 1. The summed E-state index contributed by atoms with van der Waals surface area (Å²) >= 11 is 0. The van der Waals surface area contributed by atoms with Gasteiger partial charge in [-0.1, -0.05) is 30.3 Å². The molecule has 1 aliphatic heterocycles. The molecule has 0 unspecified atom stereocenters. The van der Waals surface area contributed by atoms with Crippen molar-refractivity contribution in [2.24, 2.45) is 0 Å². The minimum absolute atomic E-state index is 0.0162. The quantitative estimate of drug-likeness (QED) is 0.379. The molecule has 4 aromatic rings. The summed E-state index contributed by atoms with van der Waals surface area (Å²) < 4.78 is 9.32. The van der Waals surface area contributed by atoms with Crippen molar-refractivity contribution in [3.05, 3.63) is 82.5 Å². The lowest BCUT2D eigenvalue weighted by Crippen LogP contribution is -2.37. The van der Waals surface area contributed by atoms with E-state index in [4.69, 9.17) is 9.84 Å². The molecule has 7 heteroatoms. The van der Waals surface area contributed by atoms with Crippen LogP contribution in [0.5, 0.6) is 0 Å². The molecule has 0 atom stereocenters. The summed E-state index contributed by atoms with van der Waals surface area (Å²) in [7, 11) is 1.71. The van der Waals surface area contributed by atoms with Crippen LogP contribution in [0.4, 0.5) is 0 Å². The Balaban J connectivity index is 1.14. The van der Waals surface area contributed by atoms with Crippen LogP contribution in [0.2, 0.25) is 0 Å². The summed E-state index contributed by atoms with van der Waals surface area (Å²) in [5, 5.41) is 4.75. The van der Waals surface area contributed by atoms with Crippen LogP contribution < -0.4 is 5.69 Å². The van der Waals surface area contributed by atoms with Crippen LogP contribution in [0.1, 0.15) is 43.1 Å². The van der Waals surface area contributed by atoms with Gasteiger partial charge in [0, 0.05) is 31.9 Å². The van der Waals surface area contributed by atoms with Crippen LogP contribution in [0.15, 0.2) is 65.5 Å². The lowest BCUT2D eigenvalue weighted by atomic mass is 10.0. The minimum atomic E-state index is 0.0162. The van der Waals surface area contributed by atoms with E-state index in [-0.39, 0.29) is 11.7 Å². The number of unbranched alkanes of at least 4 members (excludes halogenated alkanes) is 1. The summed E-state index contributed by atoms with van der Waals surface area (Å²) in [6.07, 6.45) is 5.29. The van der Waals surface area contributed by atoms with Crippen molar-refractivity contribution in [3.63, 3.8) is 0 Å². The number of methoxy groups -OCH3 is 1. The Hall–Kier alpha value is -3.16. The fourth-order valence-electron chi connectivity index (χ4n) is 5.14.